The molecule has 0 bridgehead atoms. The van der Waals surface area contributed by atoms with Crippen molar-refractivity contribution in [2.45, 2.75) is 13.8 Å². The minimum atomic E-state index is 0.777. The second-order valence-corrected chi connectivity index (χ2v) is 6.03. The molecule has 0 spiro atoms. The monoisotopic (exact) mass is 326 g/mol. The Morgan fingerprint density at radius 3 is 2.22 bits per heavy atom. The van der Waals surface area contributed by atoms with E-state index in [0.717, 1.165) is 21.8 Å². The second-order valence-electron chi connectivity index (χ2n) is 5.59. The van der Waals surface area contributed by atoms with Crippen LogP contribution in [-0.4, -0.2) is 17.1 Å². The SMILES string of the molecule is COc1ccc2[nH]c(C)cc2c1.Cc1cc2ccc(Cl)cc2[nH]1. The van der Waals surface area contributed by atoms with Crippen molar-refractivity contribution in [2.24, 2.45) is 0 Å². The molecule has 4 heteroatoms. The van der Waals surface area contributed by atoms with Gasteiger partial charge in [0.15, 0.2) is 0 Å². The average Bonchev–Trinajstić information content (AvgIpc) is 3.07. The molecular weight excluding hydrogens is 308 g/mol. The number of aryl methyl sites for hydroxylation is 2. The van der Waals surface area contributed by atoms with Crippen LogP contribution in [0.15, 0.2) is 48.5 Å². The predicted octanol–water partition coefficient (Wildman–Crippen LogP) is 5.61. The molecule has 0 aliphatic heterocycles. The summed E-state index contributed by atoms with van der Waals surface area (Å²) in [4.78, 5) is 6.47. The van der Waals surface area contributed by atoms with Crippen molar-refractivity contribution in [2.75, 3.05) is 7.11 Å². The molecule has 0 aliphatic rings. The summed E-state index contributed by atoms with van der Waals surface area (Å²) in [5.41, 5.74) is 4.61. The molecule has 2 heterocycles. The van der Waals surface area contributed by atoms with Gasteiger partial charge in [-0.05, 0) is 61.7 Å². The number of methoxy groups -OCH3 is 1. The molecule has 0 fully saturated rings. The Balaban J connectivity index is 0.000000136. The zero-order valence-corrected chi connectivity index (χ0v) is 14.2. The Labute approximate surface area is 140 Å². The summed E-state index contributed by atoms with van der Waals surface area (Å²) in [6, 6.07) is 16.1. The number of hydrogen-bond donors (Lipinski definition) is 2. The number of benzene rings is 2. The molecule has 0 aliphatic carbocycles. The lowest BCUT2D eigenvalue weighted by Crippen LogP contribution is -1.80. The van der Waals surface area contributed by atoms with Crippen molar-refractivity contribution in [3.63, 3.8) is 0 Å². The van der Waals surface area contributed by atoms with Crippen molar-refractivity contribution in [1.82, 2.24) is 9.97 Å². The van der Waals surface area contributed by atoms with E-state index in [2.05, 4.69) is 22.1 Å². The van der Waals surface area contributed by atoms with Crippen LogP contribution in [0.4, 0.5) is 0 Å². The maximum Gasteiger partial charge on any atom is 0.119 e. The molecule has 0 unspecified atom stereocenters. The molecular formula is C19H19ClN2O. The Kier molecular flexibility index (Phi) is 4.30. The van der Waals surface area contributed by atoms with E-state index in [1.807, 2.05) is 50.2 Å². The van der Waals surface area contributed by atoms with Gasteiger partial charge in [0.05, 0.1) is 7.11 Å². The van der Waals surface area contributed by atoms with Gasteiger partial charge in [-0.3, -0.25) is 0 Å². The lowest BCUT2D eigenvalue weighted by molar-refractivity contribution is 0.415. The maximum absolute atomic E-state index is 5.81. The van der Waals surface area contributed by atoms with E-state index < -0.39 is 0 Å². The van der Waals surface area contributed by atoms with Crippen LogP contribution in [0.5, 0.6) is 5.75 Å². The third kappa shape index (κ3) is 3.51. The normalized spacial score (nSPS) is 10.6. The van der Waals surface area contributed by atoms with Crippen molar-refractivity contribution in [1.29, 1.82) is 0 Å². The van der Waals surface area contributed by atoms with Gasteiger partial charge in [-0.15, -0.1) is 0 Å². The molecule has 3 nitrogen and oxygen atoms in total. The molecule has 0 atom stereocenters. The van der Waals surface area contributed by atoms with Crippen LogP contribution in [0.1, 0.15) is 11.4 Å². The number of nitrogens with one attached hydrogen (secondary N) is 2. The van der Waals surface area contributed by atoms with Crippen LogP contribution in [0.3, 0.4) is 0 Å². The minimum absolute atomic E-state index is 0.777. The van der Waals surface area contributed by atoms with Crippen LogP contribution in [-0.2, 0) is 0 Å². The number of ether oxygens (including phenoxy) is 1. The zero-order valence-electron chi connectivity index (χ0n) is 13.4. The fourth-order valence-electron chi connectivity index (χ4n) is 2.63. The Hall–Kier alpha value is -2.39. The first-order valence-electron chi connectivity index (χ1n) is 7.43. The molecule has 0 radical (unpaired) electrons. The molecule has 4 aromatic rings. The van der Waals surface area contributed by atoms with Gasteiger partial charge in [-0.25, -0.2) is 0 Å². The molecule has 0 saturated heterocycles. The number of hydrogen-bond acceptors (Lipinski definition) is 1. The number of aromatic amines is 2. The van der Waals surface area contributed by atoms with Crippen LogP contribution in [0.25, 0.3) is 21.8 Å². The first kappa shape index (κ1) is 15.5. The summed E-state index contributed by atoms with van der Waals surface area (Å²) in [5, 5.41) is 3.19. The number of H-pyrrole nitrogens is 2. The summed E-state index contributed by atoms with van der Waals surface area (Å²) in [6.07, 6.45) is 0. The van der Waals surface area contributed by atoms with Gasteiger partial charge in [-0.2, -0.15) is 0 Å². The van der Waals surface area contributed by atoms with Crippen molar-refractivity contribution >= 4 is 33.4 Å². The van der Waals surface area contributed by atoms with Crippen LogP contribution >= 0.6 is 11.6 Å². The van der Waals surface area contributed by atoms with Gasteiger partial charge in [0.25, 0.3) is 0 Å². The quantitative estimate of drug-likeness (QED) is 0.468. The molecule has 0 amide bonds. The fourth-order valence-corrected chi connectivity index (χ4v) is 2.80. The third-order valence-electron chi connectivity index (χ3n) is 3.68. The van der Waals surface area contributed by atoms with Gasteiger partial charge in [0.2, 0.25) is 0 Å². The predicted molar refractivity (Wildman–Crippen MR) is 97.6 cm³/mol. The number of halogens is 1. The Morgan fingerprint density at radius 2 is 1.48 bits per heavy atom. The highest BCUT2D eigenvalue weighted by molar-refractivity contribution is 6.31. The standard InChI is InChI=1S/C10H11NO.C9H8ClN/c1-7-5-8-6-9(12-2)3-4-10(8)11-7;1-6-4-7-2-3-8(10)5-9(7)11-6/h3-6,11H,1-2H3;2-5,11H,1H3. The topological polar surface area (TPSA) is 40.8 Å². The first-order valence-corrected chi connectivity index (χ1v) is 7.81. The molecule has 4 rings (SSSR count). The van der Waals surface area contributed by atoms with Crippen molar-refractivity contribution < 1.29 is 4.74 Å². The smallest absolute Gasteiger partial charge is 0.119 e. The molecule has 2 aromatic carbocycles. The number of fused-ring (bicyclic) bond motifs is 2. The zero-order chi connectivity index (χ0) is 16.4. The highest BCUT2D eigenvalue weighted by Gasteiger charge is 1.98. The van der Waals surface area contributed by atoms with Crippen molar-refractivity contribution in [3.8, 4) is 5.75 Å². The third-order valence-corrected chi connectivity index (χ3v) is 3.92. The van der Waals surface area contributed by atoms with Crippen molar-refractivity contribution in [3.05, 3.63) is 64.9 Å². The molecule has 23 heavy (non-hydrogen) atoms. The number of aromatic nitrogens is 2. The fraction of sp³-hybridized carbons (Fsp3) is 0.158. The molecule has 2 aromatic heterocycles. The van der Waals surface area contributed by atoms with E-state index in [1.165, 1.54) is 22.2 Å². The van der Waals surface area contributed by atoms with Crippen LogP contribution < -0.4 is 4.74 Å². The summed E-state index contributed by atoms with van der Waals surface area (Å²) < 4.78 is 5.12. The minimum Gasteiger partial charge on any atom is -0.497 e. The number of rotatable bonds is 1. The highest BCUT2D eigenvalue weighted by Crippen LogP contribution is 2.21. The maximum atomic E-state index is 5.81. The summed E-state index contributed by atoms with van der Waals surface area (Å²) in [6.45, 7) is 4.08. The summed E-state index contributed by atoms with van der Waals surface area (Å²) in [7, 11) is 1.68. The molecule has 118 valence electrons. The van der Waals surface area contributed by atoms with E-state index in [1.54, 1.807) is 7.11 Å². The Bertz CT molecular complexity index is 952. The van der Waals surface area contributed by atoms with E-state index in [9.17, 15) is 0 Å². The van der Waals surface area contributed by atoms with E-state index in [-0.39, 0.29) is 0 Å². The molecule has 2 N–H and O–H groups in total. The second kappa shape index (κ2) is 6.39. The van der Waals surface area contributed by atoms with Gasteiger partial charge in [-0.1, -0.05) is 17.7 Å². The average molecular weight is 327 g/mol. The first-order chi connectivity index (χ1) is 11.0. The summed E-state index contributed by atoms with van der Waals surface area (Å²) >= 11 is 5.81. The van der Waals surface area contributed by atoms with E-state index in [4.69, 9.17) is 16.3 Å². The largest absolute Gasteiger partial charge is 0.497 e. The lowest BCUT2D eigenvalue weighted by Gasteiger charge is -1.97. The van der Waals surface area contributed by atoms with Gasteiger partial charge >= 0.3 is 0 Å². The van der Waals surface area contributed by atoms with E-state index >= 15 is 0 Å². The highest BCUT2D eigenvalue weighted by atomic mass is 35.5. The lowest BCUT2D eigenvalue weighted by atomic mass is 10.2. The van der Waals surface area contributed by atoms with E-state index in [0.29, 0.717) is 0 Å². The van der Waals surface area contributed by atoms with Crippen LogP contribution in [0, 0.1) is 13.8 Å². The summed E-state index contributed by atoms with van der Waals surface area (Å²) in [5.74, 6) is 0.904. The Morgan fingerprint density at radius 1 is 0.783 bits per heavy atom. The molecule has 0 saturated carbocycles. The van der Waals surface area contributed by atoms with Gasteiger partial charge in [0, 0.05) is 32.8 Å². The van der Waals surface area contributed by atoms with Crippen LogP contribution in [0.2, 0.25) is 5.02 Å². The van der Waals surface area contributed by atoms with Gasteiger partial charge in [0.1, 0.15) is 5.75 Å². The van der Waals surface area contributed by atoms with Gasteiger partial charge < -0.3 is 14.7 Å².